The van der Waals surface area contributed by atoms with Gasteiger partial charge in [0.2, 0.25) is 0 Å². The van der Waals surface area contributed by atoms with Crippen LogP contribution in [0.3, 0.4) is 0 Å². The Morgan fingerprint density at radius 3 is 1.25 bits per heavy atom. The molecule has 338 valence electrons. The summed E-state index contributed by atoms with van der Waals surface area (Å²) in [7, 11) is -4.37. The molecule has 0 saturated carbocycles. The predicted molar refractivity (Wildman–Crippen MR) is 238 cm³/mol. The predicted octanol–water partition coefficient (Wildman–Crippen LogP) is 14.2. The van der Waals surface area contributed by atoms with Gasteiger partial charge in [0.15, 0.2) is 6.10 Å². The molecule has 0 aliphatic heterocycles. The lowest BCUT2D eigenvalue weighted by Crippen LogP contribution is -2.29. The highest BCUT2D eigenvalue weighted by Gasteiger charge is 2.26. The zero-order valence-electron chi connectivity index (χ0n) is 37.3. The maximum Gasteiger partial charge on any atom is 0.472 e. The van der Waals surface area contributed by atoms with Crippen LogP contribution in [0, 0.1) is 0 Å². The Bertz CT molecular complexity index is 948. The van der Waals surface area contributed by atoms with E-state index >= 15 is 0 Å². The second-order valence-corrected chi connectivity index (χ2v) is 17.8. The maximum absolute atomic E-state index is 12.6. The van der Waals surface area contributed by atoms with Crippen molar-refractivity contribution in [1.82, 2.24) is 0 Å². The van der Waals surface area contributed by atoms with Crippen LogP contribution in [0.25, 0.3) is 0 Å². The van der Waals surface area contributed by atoms with Gasteiger partial charge in [-0.2, -0.15) is 0 Å². The van der Waals surface area contributed by atoms with E-state index in [0.717, 1.165) is 32.1 Å². The van der Waals surface area contributed by atoms with Crippen LogP contribution in [0.1, 0.15) is 245 Å². The smallest absolute Gasteiger partial charge is 0.462 e. The number of esters is 2. The molecule has 0 aromatic heterocycles. The Morgan fingerprint density at radius 1 is 0.509 bits per heavy atom. The molecular weight excluding hydrogens is 737 g/mol. The van der Waals surface area contributed by atoms with Crippen molar-refractivity contribution < 1.29 is 37.6 Å². The number of hydrogen-bond donors (Lipinski definition) is 2. The molecule has 0 aromatic carbocycles. The minimum Gasteiger partial charge on any atom is -0.462 e. The quantitative estimate of drug-likeness (QED) is 0.0266. The highest BCUT2D eigenvalue weighted by Crippen LogP contribution is 2.43. The van der Waals surface area contributed by atoms with Crippen LogP contribution in [0.15, 0.2) is 12.2 Å². The molecule has 1 unspecified atom stereocenters. The lowest BCUT2D eigenvalue weighted by molar-refractivity contribution is -0.161. The molecule has 57 heavy (non-hydrogen) atoms. The van der Waals surface area contributed by atoms with Gasteiger partial charge in [-0.15, -0.1) is 0 Å². The van der Waals surface area contributed by atoms with E-state index in [1.807, 2.05) is 0 Å². The number of unbranched alkanes of at least 4 members (excludes halogenated alkanes) is 31. The summed E-state index contributed by atoms with van der Waals surface area (Å²) in [5.41, 5.74) is 5.36. The highest BCUT2D eigenvalue weighted by molar-refractivity contribution is 7.47. The molecule has 10 heteroatoms. The monoisotopic (exact) mass is 830 g/mol. The summed E-state index contributed by atoms with van der Waals surface area (Å²) in [6, 6.07) is 0. The summed E-state index contributed by atoms with van der Waals surface area (Å²) in [5.74, 6) is -0.815. The first kappa shape index (κ1) is 55.8. The van der Waals surface area contributed by atoms with Gasteiger partial charge in [-0.3, -0.25) is 18.6 Å². The average Bonchev–Trinajstić information content (AvgIpc) is 3.20. The van der Waals surface area contributed by atoms with Crippen molar-refractivity contribution in [3.63, 3.8) is 0 Å². The number of rotatable bonds is 46. The molecule has 0 radical (unpaired) electrons. The van der Waals surface area contributed by atoms with E-state index in [-0.39, 0.29) is 38.6 Å². The van der Waals surface area contributed by atoms with Crippen LogP contribution in [0.5, 0.6) is 0 Å². The van der Waals surface area contributed by atoms with Crippen molar-refractivity contribution in [3.05, 3.63) is 12.2 Å². The van der Waals surface area contributed by atoms with Crippen molar-refractivity contribution in [2.75, 3.05) is 26.4 Å². The van der Waals surface area contributed by atoms with Crippen LogP contribution in [0.4, 0.5) is 0 Å². The van der Waals surface area contributed by atoms with Crippen LogP contribution in [-0.4, -0.2) is 49.3 Å². The second-order valence-electron chi connectivity index (χ2n) is 16.3. The van der Waals surface area contributed by atoms with Crippen LogP contribution < -0.4 is 5.73 Å². The van der Waals surface area contributed by atoms with E-state index in [9.17, 15) is 19.0 Å². The Balaban J connectivity index is 4.04. The zero-order chi connectivity index (χ0) is 41.8. The Kier molecular flexibility index (Phi) is 43.3. The third-order valence-corrected chi connectivity index (χ3v) is 11.6. The second kappa shape index (κ2) is 44.3. The molecule has 0 aliphatic rings. The summed E-state index contributed by atoms with van der Waals surface area (Å²) in [6.45, 7) is 3.77. The number of hydrogen-bond acceptors (Lipinski definition) is 8. The Hall–Kier alpha value is -1.25. The van der Waals surface area contributed by atoms with Gasteiger partial charge in [0.1, 0.15) is 6.61 Å². The third-order valence-electron chi connectivity index (χ3n) is 10.7. The van der Waals surface area contributed by atoms with Crippen molar-refractivity contribution in [1.29, 1.82) is 0 Å². The molecule has 0 bridgehead atoms. The summed E-state index contributed by atoms with van der Waals surface area (Å²) >= 11 is 0. The van der Waals surface area contributed by atoms with Gasteiger partial charge in [0.25, 0.3) is 0 Å². The fraction of sp³-hybridized carbons (Fsp3) is 0.915. The minimum atomic E-state index is -4.37. The zero-order valence-corrected chi connectivity index (χ0v) is 38.2. The number of carbonyl (C=O) groups is 2. The summed E-state index contributed by atoms with van der Waals surface area (Å²) < 4.78 is 32.9. The van der Waals surface area contributed by atoms with E-state index in [4.69, 9.17) is 24.3 Å². The molecule has 0 aliphatic carbocycles. The molecule has 0 heterocycles. The number of ether oxygens (including phenoxy) is 2. The van der Waals surface area contributed by atoms with Crippen molar-refractivity contribution in [2.24, 2.45) is 5.73 Å². The number of carbonyl (C=O) groups excluding carboxylic acids is 2. The first-order valence-corrected chi connectivity index (χ1v) is 25.7. The molecule has 9 nitrogen and oxygen atoms in total. The fourth-order valence-corrected chi connectivity index (χ4v) is 7.81. The topological polar surface area (TPSA) is 134 Å². The van der Waals surface area contributed by atoms with E-state index in [0.29, 0.717) is 6.42 Å². The normalized spacial score (nSPS) is 13.3. The van der Waals surface area contributed by atoms with Crippen LogP contribution in [0.2, 0.25) is 0 Å². The number of allylic oxidation sites excluding steroid dienone is 2. The van der Waals surface area contributed by atoms with Gasteiger partial charge in [0, 0.05) is 19.4 Å². The molecule has 3 N–H and O–H groups in total. The first-order chi connectivity index (χ1) is 27.8. The first-order valence-electron chi connectivity index (χ1n) is 24.2. The molecule has 0 fully saturated rings. The summed E-state index contributed by atoms with van der Waals surface area (Å²) in [5, 5.41) is 0. The molecule has 0 spiro atoms. The minimum absolute atomic E-state index is 0.0565. The Labute approximate surface area is 351 Å². The SMILES string of the molecule is CCCCCCCCC=CCCCCCCCCCCCCCC(=O)O[C@H](COC(=O)CCCCCCCCCCCCCCCCC)COP(=O)(O)OCCN. The number of nitrogens with two attached hydrogens (primary N) is 1. The lowest BCUT2D eigenvalue weighted by atomic mass is 10.0. The van der Waals surface area contributed by atoms with E-state index in [2.05, 4.69) is 26.0 Å². The van der Waals surface area contributed by atoms with Crippen molar-refractivity contribution >= 4 is 19.8 Å². The lowest BCUT2D eigenvalue weighted by Gasteiger charge is -2.19. The molecular formula is C47H92NO8P. The van der Waals surface area contributed by atoms with Gasteiger partial charge >= 0.3 is 19.8 Å². The maximum atomic E-state index is 12.6. The molecule has 0 saturated heterocycles. The summed E-state index contributed by atoms with van der Waals surface area (Å²) in [4.78, 5) is 35.0. The molecule has 2 atom stereocenters. The van der Waals surface area contributed by atoms with Crippen molar-refractivity contribution in [3.8, 4) is 0 Å². The van der Waals surface area contributed by atoms with Gasteiger partial charge in [0.05, 0.1) is 13.2 Å². The largest absolute Gasteiger partial charge is 0.472 e. The average molecular weight is 830 g/mol. The standard InChI is InChI=1S/C47H92NO8P/c1-3-5-7-9-11-13-15-17-19-20-21-22-23-24-26-28-30-32-34-36-38-40-47(50)56-45(44-55-57(51,52)54-42-41-48)43-53-46(49)39-37-35-33-31-29-27-25-18-16-14-12-10-8-6-4-2/h17,19,45H,3-16,18,20-44,48H2,1-2H3,(H,51,52)/t45-/m1/s1. The number of phosphoric ester groups is 1. The van der Waals surface area contributed by atoms with Crippen molar-refractivity contribution in [2.45, 2.75) is 251 Å². The van der Waals surface area contributed by atoms with Gasteiger partial charge in [-0.25, -0.2) is 4.57 Å². The van der Waals surface area contributed by atoms with E-state index in [1.165, 1.54) is 180 Å². The Morgan fingerprint density at radius 2 is 0.860 bits per heavy atom. The fourth-order valence-electron chi connectivity index (χ4n) is 7.04. The summed E-state index contributed by atoms with van der Waals surface area (Å²) in [6.07, 6.45) is 46.7. The molecule has 0 amide bonds. The third kappa shape index (κ3) is 44.1. The molecule has 0 aromatic rings. The highest BCUT2D eigenvalue weighted by atomic mass is 31.2. The van der Waals surface area contributed by atoms with Crippen LogP contribution >= 0.6 is 7.82 Å². The van der Waals surface area contributed by atoms with E-state index in [1.54, 1.807) is 0 Å². The van der Waals surface area contributed by atoms with Crippen LogP contribution in [-0.2, 0) is 32.7 Å². The number of phosphoric acid groups is 1. The van der Waals surface area contributed by atoms with E-state index < -0.39 is 26.5 Å². The van der Waals surface area contributed by atoms with Gasteiger partial charge < -0.3 is 20.1 Å². The van der Waals surface area contributed by atoms with Gasteiger partial charge in [-0.05, 0) is 38.5 Å². The molecule has 0 rings (SSSR count). The van der Waals surface area contributed by atoms with Gasteiger partial charge in [-0.1, -0.05) is 206 Å².